The van der Waals surface area contributed by atoms with E-state index in [1.165, 1.54) is 68.6 Å². The normalized spacial score (nSPS) is 26.6. The number of nitrogens with zero attached hydrogens (tertiary/aromatic N) is 1. The molecule has 1 saturated heterocycles. The lowest BCUT2D eigenvalue weighted by atomic mass is 9.98. The fraction of sp³-hybridized carbons (Fsp3) is 0.667. The lowest BCUT2D eigenvalue weighted by Crippen LogP contribution is -2.26. The average Bonchev–Trinajstić information content (AvgIpc) is 2.72. The molecule has 0 radical (unpaired) electrons. The molecule has 2 atom stereocenters. The Labute approximate surface area is 123 Å². The smallest absolute Gasteiger partial charge is 0.0376 e. The van der Waals surface area contributed by atoms with Crippen LogP contribution in [0, 0.1) is 5.92 Å². The number of anilines is 2. The minimum absolute atomic E-state index is 0.622. The van der Waals surface area contributed by atoms with Crippen LogP contribution < -0.4 is 10.2 Å². The van der Waals surface area contributed by atoms with Crippen LogP contribution in [0.15, 0.2) is 18.2 Å². The van der Waals surface area contributed by atoms with Gasteiger partial charge >= 0.3 is 0 Å². The highest BCUT2D eigenvalue weighted by atomic mass is 15.1. The molecule has 20 heavy (non-hydrogen) atoms. The third-order valence-electron chi connectivity index (χ3n) is 5.13. The molecule has 3 rings (SSSR count). The van der Waals surface area contributed by atoms with E-state index in [2.05, 4.69) is 42.3 Å². The topological polar surface area (TPSA) is 15.3 Å². The Hall–Kier alpha value is -1.18. The minimum Gasteiger partial charge on any atom is -0.382 e. The summed E-state index contributed by atoms with van der Waals surface area (Å²) in [6.45, 7) is 7.09. The zero-order valence-electron chi connectivity index (χ0n) is 13.0. The molecular weight excluding hydrogens is 244 g/mol. The molecule has 0 saturated carbocycles. The molecule has 0 amide bonds. The molecule has 2 nitrogen and oxygen atoms in total. The SMILES string of the molecule is CCC1CCCN(c2ccc3c(c2)CCC(C)N3)CC1. The summed E-state index contributed by atoms with van der Waals surface area (Å²) in [5, 5.41) is 3.60. The molecule has 0 aliphatic carbocycles. The lowest BCUT2D eigenvalue weighted by Gasteiger charge is -2.28. The van der Waals surface area contributed by atoms with E-state index in [0.29, 0.717) is 6.04 Å². The van der Waals surface area contributed by atoms with Crippen LogP contribution in [0.4, 0.5) is 11.4 Å². The van der Waals surface area contributed by atoms with Crippen molar-refractivity contribution in [2.45, 2.75) is 58.4 Å². The highest BCUT2D eigenvalue weighted by Crippen LogP contribution is 2.31. The summed E-state index contributed by atoms with van der Waals surface area (Å²) in [6.07, 6.45) is 7.96. The molecule has 0 bridgehead atoms. The van der Waals surface area contributed by atoms with Crippen molar-refractivity contribution in [3.63, 3.8) is 0 Å². The fourth-order valence-electron chi connectivity index (χ4n) is 3.67. The molecule has 2 heterocycles. The van der Waals surface area contributed by atoms with Crippen molar-refractivity contribution in [2.24, 2.45) is 5.92 Å². The second-order valence-electron chi connectivity index (χ2n) is 6.62. The Bertz CT molecular complexity index is 455. The highest BCUT2D eigenvalue weighted by molar-refractivity contribution is 5.62. The summed E-state index contributed by atoms with van der Waals surface area (Å²) in [7, 11) is 0. The molecule has 110 valence electrons. The van der Waals surface area contributed by atoms with Crippen molar-refractivity contribution in [1.29, 1.82) is 0 Å². The summed E-state index contributed by atoms with van der Waals surface area (Å²) < 4.78 is 0. The van der Waals surface area contributed by atoms with Crippen LogP contribution in [0.2, 0.25) is 0 Å². The largest absolute Gasteiger partial charge is 0.382 e. The lowest BCUT2D eigenvalue weighted by molar-refractivity contribution is 0.459. The third-order valence-corrected chi connectivity index (χ3v) is 5.13. The Balaban J connectivity index is 1.74. The van der Waals surface area contributed by atoms with Gasteiger partial charge in [0.1, 0.15) is 0 Å². The molecule has 2 heteroatoms. The summed E-state index contributed by atoms with van der Waals surface area (Å²) in [5.74, 6) is 0.945. The minimum atomic E-state index is 0.622. The van der Waals surface area contributed by atoms with Crippen molar-refractivity contribution in [2.75, 3.05) is 23.3 Å². The Morgan fingerprint density at radius 1 is 1.20 bits per heavy atom. The number of hydrogen-bond acceptors (Lipinski definition) is 2. The molecule has 1 fully saturated rings. The van der Waals surface area contributed by atoms with Crippen LogP contribution in [0.25, 0.3) is 0 Å². The summed E-state index contributed by atoms with van der Waals surface area (Å²) in [4.78, 5) is 2.61. The standard InChI is InChI=1S/C18H28N2/c1-3-15-5-4-11-20(12-10-15)17-8-9-18-16(13-17)7-6-14(2)19-18/h8-9,13-15,19H,3-7,10-12H2,1-2H3. The van der Waals surface area contributed by atoms with E-state index in [9.17, 15) is 0 Å². The van der Waals surface area contributed by atoms with Gasteiger partial charge in [0.25, 0.3) is 0 Å². The highest BCUT2D eigenvalue weighted by Gasteiger charge is 2.18. The first-order valence-electron chi connectivity index (χ1n) is 8.40. The van der Waals surface area contributed by atoms with E-state index < -0.39 is 0 Å². The molecule has 1 aromatic carbocycles. The van der Waals surface area contributed by atoms with Gasteiger partial charge in [-0.25, -0.2) is 0 Å². The molecule has 1 N–H and O–H groups in total. The first-order valence-corrected chi connectivity index (χ1v) is 8.40. The van der Waals surface area contributed by atoms with Gasteiger partial charge in [0.05, 0.1) is 0 Å². The van der Waals surface area contributed by atoms with Gasteiger partial charge in [-0.3, -0.25) is 0 Å². The van der Waals surface area contributed by atoms with Crippen LogP contribution in [0.3, 0.4) is 0 Å². The number of rotatable bonds is 2. The Morgan fingerprint density at radius 3 is 2.95 bits per heavy atom. The van der Waals surface area contributed by atoms with Crippen molar-refractivity contribution >= 4 is 11.4 Å². The monoisotopic (exact) mass is 272 g/mol. The van der Waals surface area contributed by atoms with Gasteiger partial charge in [-0.05, 0) is 68.7 Å². The van der Waals surface area contributed by atoms with Crippen LogP contribution in [0.5, 0.6) is 0 Å². The fourth-order valence-corrected chi connectivity index (χ4v) is 3.67. The van der Waals surface area contributed by atoms with E-state index in [0.717, 1.165) is 5.92 Å². The quantitative estimate of drug-likeness (QED) is 0.855. The van der Waals surface area contributed by atoms with Gasteiger partial charge in [0, 0.05) is 30.5 Å². The van der Waals surface area contributed by atoms with Crippen molar-refractivity contribution < 1.29 is 0 Å². The second-order valence-corrected chi connectivity index (χ2v) is 6.62. The number of benzene rings is 1. The number of nitrogens with one attached hydrogen (secondary N) is 1. The van der Waals surface area contributed by atoms with E-state index >= 15 is 0 Å². The van der Waals surface area contributed by atoms with E-state index in [1.807, 2.05) is 0 Å². The van der Waals surface area contributed by atoms with Crippen LogP contribution in [0.1, 0.15) is 51.5 Å². The van der Waals surface area contributed by atoms with E-state index in [-0.39, 0.29) is 0 Å². The first kappa shape index (κ1) is 13.8. The number of aryl methyl sites for hydroxylation is 1. The molecule has 0 aromatic heterocycles. The molecule has 2 unspecified atom stereocenters. The van der Waals surface area contributed by atoms with Gasteiger partial charge in [-0.2, -0.15) is 0 Å². The molecule has 0 spiro atoms. The zero-order chi connectivity index (χ0) is 13.9. The Kier molecular flexibility index (Phi) is 4.18. The maximum atomic E-state index is 3.60. The molecule has 2 aliphatic rings. The van der Waals surface area contributed by atoms with Crippen molar-refractivity contribution in [3.05, 3.63) is 23.8 Å². The van der Waals surface area contributed by atoms with Crippen LogP contribution in [-0.2, 0) is 6.42 Å². The van der Waals surface area contributed by atoms with Crippen LogP contribution >= 0.6 is 0 Å². The summed E-state index contributed by atoms with van der Waals surface area (Å²) in [5.41, 5.74) is 4.31. The second kappa shape index (κ2) is 6.07. The predicted octanol–water partition coefficient (Wildman–Crippen LogP) is 4.45. The number of fused-ring (bicyclic) bond motifs is 1. The maximum Gasteiger partial charge on any atom is 0.0376 e. The van der Waals surface area contributed by atoms with Gasteiger partial charge in [-0.15, -0.1) is 0 Å². The van der Waals surface area contributed by atoms with Crippen LogP contribution in [-0.4, -0.2) is 19.1 Å². The van der Waals surface area contributed by atoms with Gasteiger partial charge in [-0.1, -0.05) is 13.3 Å². The first-order chi connectivity index (χ1) is 9.76. The molecule has 1 aromatic rings. The van der Waals surface area contributed by atoms with E-state index in [4.69, 9.17) is 0 Å². The van der Waals surface area contributed by atoms with E-state index in [1.54, 1.807) is 0 Å². The summed E-state index contributed by atoms with van der Waals surface area (Å²) >= 11 is 0. The zero-order valence-corrected chi connectivity index (χ0v) is 13.0. The van der Waals surface area contributed by atoms with Crippen molar-refractivity contribution in [1.82, 2.24) is 0 Å². The third kappa shape index (κ3) is 2.94. The number of hydrogen-bond donors (Lipinski definition) is 1. The molecule has 2 aliphatic heterocycles. The maximum absolute atomic E-state index is 3.60. The summed E-state index contributed by atoms with van der Waals surface area (Å²) in [6, 6.07) is 7.66. The van der Waals surface area contributed by atoms with Gasteiger partial charge in [0.15, 0.2) is 0 Å². The molecular formula is C18H28N2. The van der Waals surface area contributed by atoms with Gasteiger partial charge < -0.3 is 10.2 Å². The van der Waals surface area contributed by atoms with Crippen molar-refractivity contribution in [3.8, 4) is 0 Å². The predicted molar refractivity (Wildman–Crippen MR) is 87.7 cm³/mol. The van der Waals surface area contributed by atoms with Gasteiger partial charge in [0.2, 0.25) is 0 Å². The average molecular weight is 272 g/mol. The Morgan fingerprint density at radius 2 is 2.10 bits per heavy atom.